The molecular formula is C15H23N3O2. The molecule has 1 aromatic rings. The zero-order valence-corrected chi connectivity index (χ0v) is 12.2. The van der Waals surface area contributed by atoms with Crippen molar-refractivity contribution in [1.29, 1.82) is 0 Å². The van der Waals surface area contributed by atoms with Gasteiger partial charge in [-0.25, -0.2) is 0 Å². The first-order valence-corrected chi connectivity index (χ1v) is 6.95. The van der Waals surface area contributed by atoms with Crippen molar-refractivity contribution in [2.75, 3.05) is 38.7 Å². The number of rotatable bonds is 4. The van der Waals surface area contributed by atoms with Crippen LogP contribution in [0, 0.1) is 0 Å². The molecule has 0 aliphatic carbocycles. The Morgan fingerprint density at radius 3 is 2.85 bits per heavy atom. The summed E-state index contributed by atoms with van der Waals surface area (Å²) in [5, 5.41) is 0. The van der Waals surface area contributed by atoms with Gasteiger partial charge in [0.1, 0.15) is 0 Å². The number of methoxy groups -OCH3 is 1. The van der Waals surface area contributed by atoms with Gasteiger partial charge in [-0.2, -0.15) is 0 Å². The first-order chi connectivity index (χ1) is 9.65. The molecule has 1 aromatic carbocycles. The Kier molecular flexibility index (Phi) is 5.11. The van der Waals surface area contributed by atoms with E-state index in [-0.39, 0.29) is 12.0 Å². The summed E-state index contributed by atoms with van der Waals surface area (Å²) in [6, 6.07) is 8.07. The number of carbonyl (C=O) groups is 1. The second-order valence-electron chi connectivity index (χ2n) is 5.21. The molecule has 20 heavy (non-hydrogen) atoms. The van der Waals surface area contributed by atoms with Gasteiger partial charge in [0.25, 0.3) is 0 Å². The Labute approximate surface area is 120 Å². The maximum Gasteiger partial charge on any atom is 0.229 e. The summed E-state index contributed by atoms with van der Waals surface area (Å²) < 4.78 is 5.22. The summed E-state index contributed by atoms with van der Waals surface area (Å²) in [5.41, 5.74) is 7.80. The Morgan fingerprint density at radius 1 is 1.40 bits per heavy atom. The first kappa shape index (κ1) is 15.0. The largest absolute Gasteiger partial charge is 0.380 e. The maximum atomic E-state index is 12.5. The van der Waals surface area contributed by atoms with Crippen LogP contribution >= 0.6 is 0 Å². The van der Waals surface area contributed by atoms with E-state index in [1.165, 1.54) is 5.56 Å². The smallest absolute Gasteiger partial charge is 0.229 e. The van der Waals surface area contributed by atoms with Crippen LogP contribution in [-0.2, 0) is 16.1 Å². The average molecular weight is 277 g/mol. The fraction of sp³-hybridized carbons (Fsp3) is 0.533. The van der Waals surface area contributed by atoms with E-state index in [4.69, 9.17) is 10.5 Å². The molecule has 0 aromatic heterocycles. The minimum absolute atomic E-state index is 0.0741. The molecular weight excluding hydrogens is 254 g/mol. The molecule has 1 heterocycles. The lowest BCUT2D eigenvalue weighted by atomic mass is 10.1. The van der Waals surface area contributed by atoms with Crippen LogP contribution in [-0.4, -0.2) is 50.7 Å². The van der Waals surface area contributed by atoms with Crippen molar-refractivity contribution in [2.45, 2.75) is 19.1 Å². The number of nitrogens with two attached hydrogens (primary N) is 1. The maximum absolute atomic E-state index is 12.5. The van der Waals surface area contributed by atoms with Crippen LogP contribution in [0.3, 0.4) is 0 Å². The Balaban J connectivity index is 2.20. The standard InChI is InChI=1S/C15H23N3O2/c1-17-7-8-18(15(19)9-13(10-16)20-2)14-6-4-3-5-12(14)11-17/h3-6,13H,7-11,16H2,1-2H3. The number of benzene rings is 1. The van der Waals surface area contributed by atoms with E-state index < -0.39 is 0 Å². The minimum atomic E-state index is -0.212. The van der Waals surface area contributed by atoms with Crippen LogP contribution in [0.15, 0.2) is 24.3 Å². The molecule has 5 nitrogen and oxygen atoms in total. The summed E-state index contributed by atoms with van der Waals surface area (Å²) in [6.45, 7) is 2.79. The van der Waals surface area contributed by atoms with Gasteiger partial charge < -0.3 is 20.3 Å². The molecule has 0 saturated carbocycles. The van der Waals surface area contributed by atoms with E-state index in [0.717, 1.165) is 18.8 Å². The van der Waals surface area contributed by atoms with Gasteiger partial charge in [0, 0.05) is 39.0 Å². The molecule has 1 aliphatic heterocycles. The fourth-order valence-corrected chi connectivity index (χ4v) is 2.50. The summed E-state index contributed by atoms with van der Waals surface area (Å²) in [4.78, 5) is 16.6. The van der Waals surface area contributed by atoms with Crippen molar-refractivity contribution in [3.63, 3.8) is 0 Å². The molecule has 2 N–H and O–H groups in total. The molecule has 2 rings (SSSR count). The normalized spacial score (nSPS) is 17.4. The van der Waals surface area contributed by atoms with E-state index in [2.05, 4.69) is 18.0 Å². The Bertz CT molecular complexity index is 460. The molecule has 5 heteroatoms. The second-order valence-corrected chi connectivity index (χ2v) is 5.21. The monoisotopic (exact) mass is 277 g/mol. The average Bonchev–Trinajstić information content (AvgIpc) is 2.62. The lowest BCUT2D eigenvalue weighted by Crippen LogP contribution is -2.38. The summed E-state index contributed by atoms with van der Waals surface area (Å²) in [6.07, 6.45) is 0.112. The number of nitrogens with zero attached hydrogens (tertiary/aromatic N) is 2. The van der Waals surface area contributed by atoms with E-state index >= 15 is 0 Å². The highest BCUT2D eigenvalue weighted by molar-refractivity contribution is 5.94. The molecule has 0 bridgehead atoms. The summed E-state index contributed by atoms with van der Waals surface area (Å²) in [5.74, 6) is 0.0741. The SMILES string of the molecule is COC(CN)CC(=O)N1CCN(C)Cc2ccccc21. The van der Waals surface area contributed by atoms with Crippen LogP contribution in [0.25, 0.3) is 0 Å². The number of likely N-dealkylation sites (N-methyl/N-ethyl adjacent to an activating group) is 1. The number of carbonyl (C=O) groups excluding carboxylic acids is 1. The van der Waals surface area contributed by atoms with Crippen molar-refractivity contribution in [1.82, 2.24) is 4.90 Å². The van der Waals surface area contributed by atoms with Gasteiger partial charge >= 0.3 is 0 Å². The van der Waals surface area contributed by atoms with Crippen molar-refractivity contribution < 1.29 is 9.53 Å². The van der Waals surface area contributed by atoms with E-state index in [1.807, 2.05) is 23.1 Å². The molecule has 0 fully saturated rings. The number of fused-ring (bicyclic) bond motifs is 1. The lowest BCUT2D eigenvalue weighted by Gasteiger charge is -2.24. The third-order valence-electron chi connectivity index (χ3n) is 3.73. The molecule has 0 radical (unpaired) electrons. The van der Waals surface area contributed by atoms with Gasteiger partial charge in [-0.15, -0.1) is 0 Å². The third kappa shape index (κ3) is 3.36. The number of ether oxygens (including phenoxy) is 1. The summed E-state index contributed by atoms with van der Waals surface area (Å²) in [7, 11) is 3.66. The van der Waals surface area contributed by atoms with Crippen LogP contribution < -0.4 is 10.6 Å². The van der Waals surface area contributed by atoms with Crippen LogP contribution in [0.4, 0.5) is 5.69 Å². The number of amides is 1. The van der Waals surface area contributed by atoms with Crippen molar-refractivity contribution in [2.24, 2.45) is 5.73 Å². The highest BCUT2D eigenvalue weighted by atomic mass is 16.5. The molecule has 1 unspecified atom stereocenters. The zero-order valence-electron chi connectivity index (χ0n) is 12.2. The first-order valence-electron chi connectivity index (χ1n) is 6.95. The van der Waals surface area contributed by atoms with E-state index in [1.54, 1.807) is 7.11 Å². The molecule has 0 saturated heterocycles. The van der Waals surface area contributed by atoms with Crippen molar-refractivity contribution in [3.05, 3.63) is 29.8 Å². The molecule has 110 valence electrons. The van der Waals surface area contributed by atoms with Gasteiger partial charge in [-0.05, 0) is 18.7 Å². The van der Waals surface area contributed by atoms with E-state index in [0.29, 0.717) is 19.5 Å². The molecule has 1 aliphatic rings. The zero-order chi connectivity index (χ0) is 14.5. The predicted octanol–water partition coefficient (Wildman–Crippen LogP) is 0.829. The third-order valence-corrected chi connectivity index (χ3v) is 3.73. The number of hydrogen-bond acceptors (Lipinski definition) is 4. The van der Waals surface area contributed by atoms with Gasteiger partial charge in [0.05, 0.1) is 12.5 Å². The number of anilines is 1. The second kappa shape index (κ2) is 6.83. The highest BCUT2D eigenvalue weighted by Gasteiger charge is 2.24. The molecule has 1 atom stereocenters. The van der Waals surface area contributed by atoms with Crippen LogP contribution in [0.1, 0.15) is 12.0 Å². The Hall–Kier alpha value is -1.43. The van der Waals surface area contributed by atoms with Crippen molar-refractivity contribution in [3.8, 4) is 0 Å². The minimum Gasteiger partial charge on any atom is -0.380 e. The summed E-state index contributed by atoms with van der Waals surface area (Å²) >= 11 is 0. The topological polar surface area (TPSA) is 58.8 Å². The highest BCUT2D eigenvalue weighted by Crippen LogP contribution is 2.25. The van der Waals surface area contributed by atoms with Crippen LogP contribution in [0.2, 0.25) is 0 Å². The van der Waals surface area contributed by atoms with E-state index in [9.17, 15) is 4.79 Å². The number of hydrogen-bond donors (Lipinski definition) is 1. The van der Waals surface area contributed by atoms with Gasteiger partial charge in [-0.1, -0.05) is 18.2 Å². The van der Waals surface area contributed by atoms with Gasteiger partial charge in [0.15, 0.2) is 0 Å². The van der Waals surface area contributed by atoms with Crippen LogP contribution in [0.5, 0.6) is 0 Å². The van der Waals surface area contributed by atoms with Crippen molar-refractivity contribution >= 4 is 11.6 Å². The van der Waals surface area contributed by atoms with Gasteiger partial charge in [0.2, 0.25) is 5.91 Å². The predicted molar refractivity (Wildman–Crippen MR) is 79.6 cm³/mol. The lowest BCUT2D eigenvalue weighted by molar-refractivity contribution is -0.120. The molecule has 1 amide bonds. The number of para-hydroxylation sites is 1. The molecule has 0 spiro atoms. The Morgan fingerprint density at radius 2 is 2.15 bits per heavy atom. The van der Waals surface area contributed by atoms with Gasteiger partial charge in [-0.3, -0.25) is 4.79 Å². The fourth-order valence-electron chi connectivity index (χ4n) is 2.50. The quantitative estimate of drug-likeness (QED) is 0.885.